The van der Waals surface area contributed by atoms with Gasteiger partial charge in [0, 0.05) is 17.3 Å². The summed E-state index contributed by atoms with van der Waals surface area (Å²) in [7, 11) is 1.32. The molecule has 10 nitrogen and oxygen atoms in total. The summed E-state index contributed by atoms with van der Waals surface area (Å²) in [5.74, 6) is -1.22. The Labute approximate surface area is 189 Å². The molecule has 0 radical (unpaired) electrons. The summed E-state index contributed by atoms with van der Waals surface area (Å²) >= 11 is 0. The number of amides is 2. The summed E-state index contributed by atoms with van der Waals surface area (Å²) in [4.78, 5) is 34.4. The predicted octanol–water partition coefficient (Wildman–Crippen LogP) is 3.27. The summed E-state index contributed by atoms with van der Waals surface area (Å²) in [5, 5.41) is 17.2. The van der Waals surface area contributed by atoms with Gasteiger partial charge < -0.3 is 14.8 Å². The lowest BCUT2D eigenvalue weighted by atomic mass is 10.2. The minimum absolute atomic E-state index is 0.0945. The van der Waals surface area contributed by atoms with E-state index in [1.165, 1.54) is 31.5 Å². The Hall–Kier alpha value is -4.73. The molecule has 3 aromatic carbocycles. The van der Waals surface area contributed by atoms with Crippen molar-refractivity contribution in [3.05, 3.63) is 94.0 Å². The number of nitro groups is 1. The number of nitrogens with one attached hydrogen (secondary N) is 2. The average molecular weight is 448 g/mol. The van der Waals surface area contributed by atoms with E-state index in [0.717, 1.165) is 5.56 Å². The molecule has 0 saturated heterocycles. The maximum atomic E-state index is 12.0. The maximum Gasteiger partial charge on any atom is 0.329 e. The van der Waals surface area contributed by atoms with Crippen LogP contribution >= 0.6 is 0 Å². The van der Waals surface area contributed by atoms with Gasteiger partial charge in [0.1, 0.15) is 12.4 Å². The Bertz CT molecular complexity index is 1160. The van der Waals surface area contributed by atoms with Crippen molar-refractivity contribution in [1.29, 1.82) is 0 Å². The van der Waals surface area contributed by atoms with Crippen LogP contribution in [0.5, 0.6) is 11.5 Å². The van der Waals surface area contributed by atoms with Crippen molar-refractivity contribution in [3.8, 4) is 11.5 Å². The molecule has 0 aromatic heterocycles. The van der Waals surface area contributed by atoms with Crippen LogP contribution in [0.1, 0.15) is 11.1 Å². The maximum absolute atomic E-state index is 12.0. The molecule has 3 rings (SSSR count). The first kappa shape index (κ1) is 22.9. The van der Waals surface area contributed by atoms with Gasteiger partial charge in [0.25, 0.3) is 0 Å². The number of rotatable bonds is 8. The van der Waals surface area contributed by atoms with E-state index in [1.807, 2.05) is 30.3 Å². The van der Waals surface area contributed by atoms with Crippen molar-refractivity contribution in [2.45, 2.75) is 6.61 Å². The molecule has 168 valence electrons. The minimum Gasteiger partial charge on any atom is -0.490 e. The number of carbonyl (C=O) groups excluding carboxylic acids is 2. The van der Waals surface area contributed by atoms with Crippen LogP contribution < -0.4 is 20.2 Å². The van der Waals surface area contributed by atoms with Gasteiger partial charge in [0.05, 0.1) is 18.2 Å². The fourth-order valence-electron chi connectivity index (χ4n) is 2.71. The monoisotopic (exact) mass is 448 g/mol. The number of ether oxygens (including phenoxy) is 2. The third kappa shape index (κ3) is 6.62. The van der Waals surface area contributed by atoms with Gasteiger partial charge in [-0.15, -0.1) is 0 Å². The number of carbonyl (C=O) groups is 2. The zero-order chi connectivity index (χ0) is 23.6. The van der Waals surface area contributed by atoms with Gasteiger partial charge in [0.15, 0.2) is 5.75 Å². The lowest BCUT2D eigenvalue weighted by Gasteiger charge is -2.08. The van der Waals surface area contributed by atoms with E-state index in [-0.39, 0.29) is 11.4 Å². The van der Waals surface area contributed by atoms with E-state index in [1.54, 1.807) is 24.3 Å². The summed E-state index contributed by atoms with van der Waals surface area (Å²) in [6.45, 7) is 0.407. The fourth-order valence-corrected chi connectivity index (χ4v) is 2.71. The number of hydrogen-bond acceptors (Lipinski definition) is 7. The predicted molar refractivity (Wildman–Crippen MR) is 121 cm³/mol. The third-order valence-corrected chi connectivity index (χ3v) is 4.35. The van der Waals surface area contributed by atoms with Crippen LogP contribution in [0.3, 0.4) is 0 Å². The molecule has 0 atom stereocenters. The Morgan fingerprint density at radius 1 is 1.03 bits per heavy atom. The highest BCUT2D eigenvalue weighted by Crippen LogP contribution is 2.26. The molecule has 0 heterocycles. The summed E-state index contributed by atoms with van der Waals surface area (Å²) in [5.41, 5.74) is 3.59. The van der Waals surface area contributed by atoms with Gasteiger partial charge in [-0.05, 0) is 42.0 Å². The molecule has 3 aromatic rings. The van der Waals surface area contributed by atoms with Crippen molar-refractivity contribution in [2.24, 2.45) is 5.10 Å². The average Bonchev–Trinajstić information content (AvgIpc) is 2.84. The summed E-state index contributed by atoms with van der Waals surface area (Å²) in [6.07, 6.45) is 1.18. The minimum atomic E-state index is -1.00. The van der Waals surface area contributed by atoms with Crippen molar-refractivity contribution in [1.82, 2.24) is 5.43 Å². The lowest BCUT2D eigenvalue weighted by Crippen LogP contribution is -2.32. The van der Waals surface area contributed by atoms with Crippen LogP contribution in [0.4, 0.5) is 11.4 Å². The Kier molecular flexibility index (Phi) is 7.68. The second kappa shape index (κ2) is 11.0. The van der Waals surface area contributed by atoms with Gasteiger partial charge in [-0.25, -0.2) is 5.43 Å². The molecule has 10 heteroatoms. The molecule has 0 aliphatic carbocycles. The SMILES string of the molecule is COc1ccc(/C=N\NC(=O)C(=O)Nc2ccc(OCc3ccccc3)cc2)cc1[N+](=O)[O-]. The highest BCUT2D eigenvalue weighted by Gasteiger charge is 2.15. The first-order valence-electron chi connectivity index (χ1n) is 9.70. The molecular formula is C23H20N4O6. The first-order valence-corrected chi connectivity index (χ1v) is 9.70. The normalized spacial score (nSPS) is 10.5. The second-order valence-electron chi connectivity index (χ2n) is 6.64. The number of benzene rings is 3. The van der Waals surface area contributed by atoms with Crippen LogP contribution in [0.25, 0.3) is 0 Å². The van der Waals surface area contributed by atoms with Crippen LogP contribution in [0.2, 0.25) is 0 Å². The number of hydrazone groups is 1. The highest BCUT2D eigenvalue weighted by atomic mass is 16.6. The largest absolute Gasteiger partial charge is 0.490 e. The van der Waals surface area contributed by atoms with E-state index in [9.17, 15) is 19.7 Å². The van der Waals surface area contributed by atoms with E-state index in [0.29, 0.717) is 23.6 Å². The quantitative estimate of drug-likeness (QED) is 0.235. The topological polar surface area (TPSA) is 132 Å². The van der Waals surface area contributed by atoms with Crippen LogP contribution in [0.15, 0.2) is 77.9 Å². The number of nitro benzene ring substituents is 1. The zero-order valence-electron chi connectivity index (χ0n) is 17.6. The molecule has 0 spiro atoms. The zero-order valence-corrected chi connectivity index (χ0v) is 17.6. The third-order valence-electron chi connectivity index (χ3n) is 4.35. The smallest absolute Gasteiger partial charge is 0.329 e. The van der Waals surface area contributed by atoms with Gasteiger partial charge in [-0.3, -0.25) is 19.7 Å². The molecule has 2 N–H and O–H groups in total. The van der Waals surface area contributed by atoms with Crippen LogP contribution in [-0.2, 0) is 16.2 Å². The Morgan fingerprint density at radius 3 is 2.42 bits per heavy atom. The van der Waals surface area contributed by atoms with Gasteiger partial charge in [-0.1, -0.05) is 30.3 Å². The molecule has 0 unspecified atom stereocenters. The molecule has 0 saturated carbocycles. The summed E-state index contributed by atoms with van der Waals surface area (Å²) < 4.78 is 10.6. The molecule has 0 fully saturated rings. The number of nitrogens with zero attached hydrogens (tertiary/aromatic N) is 2. The number of hydrogen-bond donors (Lipinski definition) is 2. The van der Waals surface area contributed by atoms with E-state index < -0.39 is 16.7 Å². The lowest BCUT2D eigenvalue weighted by molar-refractivity contribution is -0.385. The molecule has 33 heavy (non-hydrogen) atoms. The van der Waals surface area contributed by atoms with Crippen molar-refractivity contribution in [2.75, 3.05) is 12.4 Å². The van der Waals surface area contributed by atoms with Gasteiger partial charge in [0.2, 0.25) is 0 Å². The van der Waals surface area contributed by atoms with Gasteiger partial charge in [-0.2, -0.15) is 5.10 Å². The van der Waals surface area contributed by atoms with Crippen molar-refractivity contribution < 1.29 is 24.0 Å². The molecular weight excluding hydrogens is 428 g/mol. The second-order valence-corrected chi connectivity index (χ2v) is 6.64. The van der Waals surface area contributed by atoms with Gasteiger partial charge >= 0.3 is 17.5 Å². The highest BCUT2D eigenvalue weighted by molar-refractivity contribution is 6.39. The number of methoxy groups -OCH3 is 1. The van der Waals surface area contributed by atoms with Crippen molar-refractivity contribution in [3.63, 3.8) is 0 Å². The molecule has 0 bridgehead atoms. The Morgan fingerprint density at radius 2 is 1.76 bits per heavy atom. The van der Waals surface area contributed by atoms with E-state index in [2.05, 4.69) is 15.8 Å². The van der Waals surface area contributed by atoms with E-state index in [4.69, 9.17) is 9.47 Å². The first-order chi connectivity index (χ1) is 16.0. The standard InChI is InChI=1S/C23H20N4O6/c1-32-21-12-7-17(13-20(21)27(30)31)14-24-26-23(29)22(28)25-18-8-10-19(11-9-18)33-15-16-5-3-2-4-6-16/h2-14H,15H2,1H3,(H,25,28)(H,26,29)/b24-14-. The molecule has 0 aliphatic heterocycles. The number of anilines is 1. The van der Waals surface area contributed by atoms with E-state index >= 15 is 0 Å². The summed E-state index contributed by atoms with van der Waals surface area (Å²) in [6, 6.07) is 20.4. The molecule has 0 aliphatic rings. The van der Waals surface area contributed by atoms with Crippen LogP contribution in [0, 0.1) is 10.1 Å². The fraction of sp³-hybridized carbons (Fsp3) is 0.0870. The molecule has 2 amide bonds. The van der Waals surface area contributed by atoms with Crippen LogP contribution in [-0.4, -0.2) is 30.1 Å². The van der Waals surface area contributed by atoms with Crippen molar-refractivity contribution >= 4 is 29.4 Å². The Balaban J connectivity index is 1.50.